The van der Waals surface area contributed by atoms with Crippen LogP contribution in [0.4, 0.5) is 5.69 Å². The molecule has 4 atom stereocenters. The van der Waals surface area contributed by atoms with E-state index in [0.29, 0.717) is 33.9 Å². The maximum Gasteiger partial charge on any atom is 0.343 e. The highest BCUT2D eigenvalue weighted by Crippen LogP contribution is 2.56. The molecule has 3 fully saturated rings. The zero-order chi connectivity index (χ0) is 19.4. The minimum absolute atomic E-state index is 0.0758. The van der Waals surface area contributed by atoms with Crippen LogP contribution in [0.15, 0.2) is 48.5 Å². The van der Waals surface area contributed by atoms with Crippen LogP contribution >= 0.6 is 11.6 Å². The lowest BCUT2D eigenvalue weighted by Gasteiger charge is -2.19. The van der Waals surface area contributed by atoms with E-state index in [9.17, 15) is 14.4 Å². The van der Waals surface area contributed by atoms with Crippen molar-refractivity contribution in [2.24, 2.45) is 23.7 Å². The smallest absolute Gasteiger partial charge is 0.343 e. The Morgan fingerprint density at radius 1 is 0.893 bits per heavy atom. The van der Waals surface area contributed by atoms with E-state index in [1.165, 1.54) is 4.90 Å². The summed E-state index contributed by atoms with van der Waals surface area (Å²) in [6.45, 7) is 0. The minimum atomic E-state index is -0.496. The number of amides is 2. The first-order chi connectivity index (χ1) is 13.5. The Kier molecular flexibility index (Phi) is 4.02. The van der Waals surface area contributed by atoms with Crippen LogP contribution in [0.25, 0.3) is 0 Å². The van der Waals surface area contributed by atoms with Crippen molar-refractivity contribution in [2.75, 3.05) is 4.90 Å². The Morgan fingerprint density at radius 3 is 2.04 bits per heavy atom. The van der Waals surface area contributed by atoms with Crippen LogP contribution in [0.1, 0.15) is 29.6 Å². The number of hydrogen-bond acceptors (Lipinski definition) is 4. The SMILES string of the molecule is O=C(Oc1ccc(N2C(=O)[C@H]3[C@H]4CC[C@@H](C4)[C@@H]3C2=O)cc1)c1ccc(Cl)cc1. The maximum absolute atomic E-state index is 12.9. The molecule has 5 nitrogen and oxygen atoms in total. The van der Waals surface area contributed by atoms with Gasteiger partial charge in [0.1, 0.15) is 5.75 Å². The van der Waals surface area contributed by atoms with Gasteiger partial charge in [-0.3, -0.25) is 14.5 Å². The van der Waals surface area contributed by atoms with Crippen molar-refractivity contribution < 1.29 is 19.1 Å². The molecule has 3 aliphatic rings. The van der Waals surface area contributed by atoms with Crippen LogP contribution in [0.5, 0.6) is 5.75 Å². The number of ether oxygens (including phenoxy) is 1. The Hall–Kier alpha value is -2.66. The topological polar surface area (TPSA) is 63.7 Å². The molecule has 0 radical (unpaired) electrons. The summed E-state index contributed by atoms with van der Waals surface area (Å²) in [6.07, 6.45) is 3.12. The highest BCUT2D eigenvalue weighted by molar-refractivity contribution is 6.30. The van der Waals surface area contributed by atoms with Gasteiger partial charge < -0.3 is 4.74 Å². The fourth-order valence-corrected chi connectivity index (χ4v) is 5.20. The summed E-state index contributed by atoms with van der Waals surface area (Å²) >= 11 is 5.82. The average molecular weight is 396 g/mol. The molecule has 2 aromatic carbocycles. The second-order valence-corrected chi connectivity index (χ2v) is 8.22. The number of benzene rings is 2. The van der Waals surface area contributed by atoms with E-state index in [1.807, 2.05) is 0 Å². The van der Waals surface area contributed by atoms with E-state index in [1.54, 1.807) is 48.5 Å². The first-order valence-electron chi connectivity index (χ1n) is 9.48. The Morgan fingerprint density at radius 2 is 1.46 bits per heavy atom. The molecule has 2 amide bonds. The van der Waals surface area contributed by atoms with Gasteiger partial charge in [-0.05, 0) is 79.6 Å². The molecular formula is C22H18ClNO4. The summed E-state index contributed by atoms with van der Waals surface area (Å²) in [5.74, 6) is 0.127. The lowest BCUT2D eigenvalue weighted by molar-refractivity contribution is -0.123. The predicted octanol–water partition coefficient (Wildman–Crippen LogP) is 4.09. The highest BCUT2D eigenvalue weighted by Gasteiger charge is 2.61. The fourth-order valence-electron chi connectivity index (χ4n) is 5.08. The standard InChI is InChI=1S/C22H18ClNO4/c23-15-5-3-12(4-6-15)22(27)28-17-9-7-16(8-10-17)24-20(25)18-13-1-2-14(11-13)19(18)21(24)26/h3-10,13-14,18-19H,1-2,11H2/t13-,14-,18-,19-/m0/s1. The second kappa shape index (κ2) is 6.45. The maximum atomic E-state index is 12.9. The fraction of sp³-hybridized carbons (Fsp3) is 0.318. The predicted molar refractivity (Wildman–Crippen MR) is 103 cm³/mol. The summed E-state index contributed by atoms with van der Waals surface area (Å²) in [6, 6.07) is 12.9. The van der Waals surface area contributed by atoms with E-state index in [2.05, 4.69) is 0 Å². The van der Waals surface area contributed by atoms with Crippen LogP contribution < -0.4 is 9.64 Å². The summed E-state index contributed by atoms with van der Waals surface area (Å²) in [5, 5.41) is 0.541. The molecular weight excluding hydrogens is 378 g/mol. The van der Waals surface area contributed by atoms with Gasteiger partial charge in [0.05, 0.1) is 23.1 Å². The van der Waals surface area contributed by atoms with Gasteiger partial charge in [-0.25, -0.2) is 4.79 Å². The number of hydrogen-bond donors (Lipinski definition) is 0. The summed E-state index contributed by atoms with van der Waals surface area (Å²) in [5.41, 5.74) is 0.928. The molecule has 0 spiro atoms. The number of fused-ring (bicyclic) bond motifs is 5. The third kappa shape index (κ3) is 2.65. The van der Waals surface area contributed by atoms with Crippen molar-refractivity contribution in [3.8, 4) is 5.75 Å². The molecule has 1 aliphatic heterocycles. The minimum Gasteiger partial charge on any atom is -0.423 e. The molecule has 0 N–H and O–H groups in total. The third-order valence-corrected chi connectivity index (χ3v) is 6.56. The van der Waals surface area contributed by atoms with E-state index in [-0.39, 0.29) is 23.7 Å². The third-order valence-electron chi connectivity index (χ3n) is 6.31. The Bertz CT molecular complexity index is 941. The van der Waals surface area contributed by atoms with Crippen molar-refractivity contribution in [3.63, 3.8) is 0 Å². The highest BCUT2D eigenvalue weighted by atomic mass is 35.5. The number of carbonyl (C=O) groups excluding carboxylic acids is 3. The molecule has 0 unspecified atom stereocenters. The van der Waals surface area contributed by atoms with E-state index in [0.717, 1.165) is 19.3 Å². The molecule has 28 heavy (non-hydrogen) atoms. The monoisotopic (exact) mass is 395 g/mol. The van der Waals surface area contributed by atoms with Gasteiger partial charge in [0, 0.05) is 5.02 Å². The van der Waals surface area contributed by atoms with Crippen molar-refractivity contribution in [3.05, 3.63) is 59.1 Å². The largest absolute Gasteiger partial charge is 0.423 e. The van der Waals surface area contributed by atoms with Crippen molar-refractivity contribution in [1.29, 1.82) is 0 Å². The van der Waals surface area contributed by atoms with Crippen molar-refractivity contribution in [1.82, 2.24) is 0 Å². The van der Waals surface area contributed by atoms with Crippen LogP contribution in [0, 0.1) is 23.7 Å². The van der Waals surface area contributed by atoms with Crippen molar-refractivity contribution in [2.45, 2.75) is 19.3 Å². The molecule has 1 saturated heterocycles. The van der Waals surface area contributed by atoms with E-state index >= 15 is 0 Å². The first-order valence-corrected chi connectivity index (χ1v) is 9.86. The number of esters is 1. The van der Waals surface area contributed by atoms with Crippen LogP contribution in [-0.2, 0) is 9.59 Å². The average Bonchev–Trinajstić information content (AvgIpc) is 3.37. The zero-order valence-electron chi connectivity index (χ0n) is 15.0. The molecule has 5 rings (SSSR count). The lowest BCUT2D eigenvalue weighted by atomic mass is 9.81. The molecule has 2 saturated carbocycles. The van der Waals surface area contributed by atoms with Gasteiger partial charge in [0.25, 0.3) is 0 Å². The van der Waals surface area contributed by atoms with Crippen molar-refractivity contribution >= 4 is 35.1 Å². The first kappa shape index (κ1) is 17.4. The molecule has 142 valence electrons. The van der Waals surface area contributed by atoms with Gasteiger partial charge in [-0.1, -0.05) is 11.6 Å². The van der Waals surface area contributed by atoms with E-state index in [4.69, 9.17) is 16.3 Å². The van der Waals surface area contributed by atoms with Gasteiger partial charge in [0.15, 0.2) is 0 Å². The summed E-state index contributed by atoms with van der Waals surface area (Å²) in [7, 11) is 0. The van der Waals surface area contributed by atoms with Crippen LogP contribution in [0.3, 0.4) is 0 Å². The second-order valence-electron chi connectivity index (χ2n) is 7.79. The van der Waals surface area contributed by atoms with E-state index < -0.39 is 5.97 Å². The quantitative estimate of drug-likeness (QED) is 0.446. The number of rotatable bonds is 3. The molecule has 2 bridgehead atoms. The number of anilines is 1. The normalized spacial score (nSPS) is 28.0. The molecule has 0 aromatic heterocycles. The van der Waals surface area contributed by atoms with Gasteiger partial charge in [0.2, 0.25) is 11.8 Å². The van der Waals surface area contributed by atoms with Gasteiger partial charge >= 0.3 is 5.97 Å². The lowest BCUT2D eigenvalue weighted by Crippen LogP contribution is -2.32. The molecule has 1 heterocycles. The summed E-state index contributed by atoms with van der Waals surface area (Å²) < 4.78 is 5.36. The zero-order valence-corrected chi connectivity index (χ0v) is 15.8. The van der Waals surface area contributed by atoms with Crippen LogP contribution in [-0.4, -0.2) is 17.8 Å². The molecule has 6 heteroatoms. The number of carbonyl (C=O) groups is 3. The summed E-state index contributed by atoms with van der Waals surface area (Å²) in [4.78, 5) is 39.3. The van der Waals surface area contributed by atoms with Gasteiger partial charge in [-0.15, -0.1) is 0 Å². The molecule has 2 aromatic rings. The number of halogens is 1. The molecule has 2 aliphatic carbocycles. The Labute approximate surface area is 167 Å². The van der Waals surface area contributed by atoms with Gasteiger partial charge in [-0.2, -0.15) is 0 Å². The number of nitrogens with zero attached hydrogens (tertiary/aromatic N) is 1. The number of imide groups is 1. The Balaban J connectivity index is 1.33. The van der Waals surface area contributed by atoms with Crippen LogP contribution in [0.2, 0.25) is 5.02 Å².